The van der Waals surface area contributed by atoms with E-state index >= 15 is 0 Å². The van der Waals surface area contributed by atoms with Crippen LogP contribution >= 0.6 is 0 Å². The second kappa shape index (κ2) is 9.29. The molecule has 0 heterocycles. The molecule has 2 saturated carbocycles. The molecule has 0 aliphatic heterocycles. The van der Waals surface area contributed by atoms with Gasteiger partial charge in [-0.25, -0.2) is 4.79 Å². The van der Waals surface area contributed by atoms with Gasteiger partial charge < -0.3 is 25.8 Å². The van der Waals surface area contributed by atoms with E-state index in [1.807, 2.05) is 36.4 Å². The van der Waals surface area contributed by atoms with Gasteiger partial charge >= 0.3 is 6.03 Å². The molecule has 0 radical (unpaired) electrons. The number of methoxy groups -OCH3 is 1. The molecule has 4 N–H and O–H groups in total. The number of ether oxygens (including phenoxy) is 1. The molecule has 2 fully saturated rings. The number of hydrogen-bond acceptors (Lipinski definition) is 4. The molecule has 1 unspecified atom stereocenters. The highest BCUT2D eigenvalue weighted by atomic mass is 16.5. The first-order valence-corrected chi connectivity index (χ1v) is 12.2. The van der Waals surface area contributed by atoms with Crippen LogP contribution in [0, 0.1) is 11.3 Å². The number of urea groups is 1. The fraction of sp³-hybridized carbons (Fsp3) is 0.481. The Kier molecular flexibility index (Phi) is 6.21. The van der Waals surface area contributed by atoms with Crippen molar-refractivity contribution in [1.29, 1.82) is 0 Å². The summed E-state index contributed by atoms with van der Waals surface area (Å²) in [5, 5.41) is 18.9. The third-order valence-electron chi connectivity index (χ3n) is 7.90. The normalized spacial score (nSPS) is 28.9. The van der Waals surface area contributed by atoms with Crippen molar-refractivity contribution in [3.05, 3.63) is 65.2 Å². The first-order valence-electron chi connectivity index (χ1n) is 12.2. The van der Waals surface area contributed by atoms with Crippen LogP contribution in [0.25, 0.3) is 0 Å². The molecule has 0 saturated heterocycles. The maximum absolute atomic E-state index is 12.9. The van der Waals surface area contributed by atoms with E-state index in [1.165, 1.54) is 0 Å². The Hall–Kier alpha value is -3.06. The molecule has 180 valence electrons. The molecule has 7 heteroatoms. The smallest absolute Gasteiger partial charge is 0.315 e. The number of fused-ring (bicyclic) bond motifs is 1. The van der Waals surface area contributed by atoms with Gasteiger partial charge in [0.2, 0.25) is 5.91 Å². The predicted molar refractivity (Wildman–Crippen MR) is 128 cm³/mol. The minimum Gasteiger partial charge on any atom is -0.497 e. The first kappa shape index (κ1) is 22.7. The van der Waals surface area contributed by atoms with Crippen LogP contribution in [-0.2, 0) is 11.3 Å². The third kappa shape index (κ3) is 4.49. The largest absolute Gasteiger partial charge is 0.497 e. The summed E-state index contributed by atoms with van der Waals surface area (Å²) in [6, 6.07) is 15.7. The first-order chi connectivity index (χ1) is 16.5. The highest BCUT2D eigenvalue weighted by Gasteiger charge is 2.55. The fourth-order valence-corrected chi connectivity index (χ4v) is 6.09. The van der Waals surface area contributed by atoms with Gasteiger partial charge in [0.1, 0.15) is 5.75 Å². The summed E-state index contributed by atoms with van der Waals surface area (Å²) in [6.07, 6.45) is 4.42. The second-order valence-corrected chi connectivity index (χ2v) is 10.2. The highest BCUT2D eigenvalue weighted by Crippen LogP contribution is 2.59. The van der Waals surface area contributed by atoms with Crippen molar-refractivity contribution in [3.63, 3.8) is 0 Å². The molecule has 5 rings (SSSR count). The molecule has 2 atom stereocenters. The number of carbonyl (C=O) groups excluding carboxylic acids is 2. The Morgan fingerprint density at radius 1 is 1.00 bits per heavy atom. The molecule has 1 spiro atoms. The van der Waals surface area contributed by atoms with E-state index in [0.717, 1.165) is 54.5 Å². The minimum absolute atomic E-state index is 0.0115. The van der Waals surface area contributed by atoms with E-state index in [2.05, 4.69) is 28.1 Å². The lowest BCUT2D eigenvalue weighted by atomic mass is 9.50. The number of amides is 3. The summed E-state index contributed by atoms with van der Waals surface area (Å²) in [6.45, 7) is 0.579. The fourth-order valence-electron chi connectivity index (χ4n) is 6.09. The predicted octanol–water partition coefficient (Wildman–Crippen LogP) is 3.39. The molecule has 0 aromatic heterocycles. The molecular weight excluding hydrogens is 430 g/mol. The van der Waals surface area contributed by atoms with Crippen molar-refractivity contribution in [2.45, 2.75) is 56.7 Å². The summed E-state index contributed by atoms with van der Waals surface area (Å²) >= 11 is 0. The maximum atomic E-state index is 12.9. The zero-order chi connectivity index (χ0) is 23.7. The van der Waals surface area contributed by atoms with Gasteiger partial charge in [-0.1, -0.05) is 36.4 Å². The van der Waals surface area contributed by atoms with E-state index < -0.39 is 0 Å². The van der Waals surface area contributed by atoms with E-state index in [9.17, 15) is 14.7 Å². The average molecular weight is 464 g/mol. The lowest BCUT2D eigenvalue weighted by Crippen LogP contribution is -2.59. The lowest BCUT2D eigenvalue weighted by molar-refractivity contribution is -0.139. The van der Waals surface area contributed by atoms with Gasteiger partial charge in [0, 0.05) is 24.4 Å². The molecular formula is C27H33N3O4. The van der Waals surface area contributed by atoms with E-state index in [0.29, 0.717) is 6.54 Å². The minimum atomic E-state index is -0.150. The lowest BCUT2D eigenvalue weighted by Gasteiger charge is -2.57. The monoisotopic (exact) mass is 463 g/mol. The number of hydrogen-bond donors (Lipinski definition) is 4. The molecule has 2 aromatic carbocycles. The highest BCUT2D eigenvalue weighted by molar-refractivity contribution is 5.80. The van der Waals surface area contributed by atoms with Gasteiger partial charge in [0.15, 0.2) is 0 Å². The summed E-state index contributed by atoms with van der Waals surface area (Å²) < 4.78 is 5.15. The quantitative estimate of drug-likeness (QED) is 0.506. The van der Waals surface area contributed by atoms with Gasteiger partial charge in [-0.3, -0.25) is 4.79 Å². The van der Waals surface area contributed by atoms with Gasteiger partial charge in [-0.2, -0.15) is 0 Å². The topological polar surface area (TPSA) is 99.7 Å². The van der Waals surface area contributed by atoms with Gasteiger partial charge in [0.25, 0.3) is 0 Å². The number of rotatable bonds is 7. The van der Waals surface area contributed by atoms with Gasteiger partial charge in [0.05, 0.1) is 19.8 Å². The second-order valence-electron chi connectivity index (χ2n) is 10.2. The van der Waals surface area contributed by atoms with Crippen molar-refractivity contribution < 1.29 is 19.4 Å². The third-order valence-corrected chi connectivity index (χ3v) is 7.90. The van der Waals surface area contributed by atoms with E-state index in [4.69, 9.17) is 4.74 Å². The van der Waals surface area contributed by atoms with Crippen LogP contribution in [0.1, 0.15) is 60.8 Å². The Balaban J connectivity index is 1.03. The Labute approximate surface area is 200 Å². The van der Waals surface area contributed by atoms with Crippen LogP contribution in [0.4, 0.5) is 4.79 Å². The SMILES string of the molecule is COc1ccc(CNC(=O)NC2CC3(C2)CC(C(=O)N[C@H]2CC(CO)c4ccccc42)C3)cc1. The van der Waals surface area contributed by atoms with Gasteiger partial charge in [-0.15, -0.1) is 0 Å². The number of benzene rings is 2. The average Bonchev–Trinajstić information content (AvgIpc) is 3.16. The molecule has 2 aromatic rings. The molecule has 3 aliphatic carbocycles. The van der Waals surface area contributed by atoms with Crippen LogP contribution < -0.4 is 20.7 Å². The summed E-state index contributed by atoms with van der Waals surface area (Å²) in [7, 11) is 1.63. The zero-order valence-corrected chi connectivity index (χ0v) is 19.5. The van der Waals surface area contributed by atoms with Crippen molar-refractivity contribution in [3.8, 4) is 5.75 Å². The molecule has 7 nitrogen and oxygen atoms in total. The summed E-state index contributed by atoms with van der Waals surface area (Å²) in [5.41, 5.74) is 3.51. The molecule has 3 aliphatic rings. The molecule has 34 heavy (non-hydrogen) atoms. The van der Waals surface area contributed by atoms with Crippen LogP contribution in [0.3, 0.4) is 0 Å². The molecule has 3 amide bonds. The van der Waals surface area contributed by atoms with Crippen molar-refractivity contribution in [1.82, 2.24) is 16.0 Å². The van der Waals surface area contributed by atoms with Crippen molar-refractivity contribution in [2.24, 2.45) is 11.3 Å². The van der Waals surface area contributed by atoms with Crippen LogP contribution in [-0.4, -0.2) is 36.8 Å². The number of carbonyl (C=O) groups is 2. The Bertz CT molecular complexity index is 1040. The standard InChI is InChI=1S/C27H33N3O4/c1-34-21-8-6-17(7-9-21)15-28-26(33)29-20-13-27(14-20)11-19(12-27)25(32)30-24-10-18(16-31)22-4-2-3-5-23(22)24/h2-9,18-20,24,31H,10-16H2,1H3,(H,30,32)(H2,28,29,33)/t18?,19?,20?,24-,27?/m0/s1. The van der Waals surface area contributed by atoms with Crippen LogP contribution in [0.5, 0.6) is 5.75 Å². The zero-order valence-electron chi connectivity index (χ0n) is 19.5. The number of aliphatic hydroxyl groups excluding tert-OH is 1. The number of aliphatic hydroxyl groups is 1. The maximum Gasteiger partial charge on any atom is 0.315 e. The Morgan fingerprint density at radius 2 is 1.71 bits per heavy atom. The Morgan fingerprint density at radius 3 is 2.38 bits per heavy atom. The van der Waals surface area contributed by atoms with Crippen molar-refractivity contribution >= 4 is 11.9 Å². The molecule has 0 bridgehead atoms. The van der Waals surface area contributed by atoms with E-state index in [1.54, 1.807) is 7.11 Å². The van der Waals surface area contributed by atoms with Gasteiger partial charge in [-0.05, 0) is 66.3 Å². The van der Waals surface area contributed by atoms with E-state index in [-0.39, 0.29) is 47.9 Å². The van der Waals surface area contributed by atoms with Crippen LogP contribution in [0.2, 0.25) is 0 Å². The van der Waals surface area contributed by atoms with Crippen LogP contribution in [0.15, 0.2) is 48.5 Å². The summed E-state index contributed by atoms with van der Waals surface area (Å²) in [4.78, 5) is 25.1. The number of nitrogens with one attached hydrogen (secondary N) is 3. The van der Waals surface area contributed by atoms with Crippen molar-refractivity contribution in [2.75, 3.05) is 13.7 Å². The summed E-state index contributed by atoms with van der Waals surface area (Å²) in [5.74, 6) is 1.06.